The van der Waals surface area contributed by atoms with Crippen molar-refractivity contribution in [2.24, 2.45) is 0 Å². The molecule has 0 fully saturated rings. The van der Waals surface area contributed by atoms with E-state index < -0.39 is 24.1 Å². The number of ether oxygens (including phenoxy) is 3. The highest BCUT2D eigenvalue weighted by molar-refractivity contribution is 6.30. The number of aliphatic carboxylic acids is 1. The fraction of sp³-hybridized carbons (Fsp3) is 0.222. The molecule has 0 heterocycles. The molecule has 0 aliphatic rings. The normalized spacial score (nSPS) is 11.2. The van der Waals surface area contributed by atoms with Gasteiger partial charge in [-0.2, -0.15) is 0 Å². The smallest absolute Gasteiger partial charge is 0.341 e. The zero-order chi connectivity index (χ0) is 18.4. The predicted octanol–water partition coefficient (Wildman–Crippen LogP) is 3.13. The third-order valence-corrected chi connectivity index (χ3v) is 3.83. The zero-order valence-electron chi connectivity index (χ0n) is 13.7. The lowest BCUT2D eigenvalue weighted by Crippen LogP contribution is -2.40. The number of benzene rings is 2. The quantitative estimate of drug-likeness (QED) is 0.572. The Hall–Kier alpha value is -2.41. The molecule has 1 N–H and O–H groups in total. The molecule has 0 atom stereocenters. The van der Waals surface area contributed by atoms with E-state index in [4.69, 9.17) is 30.9 Å². The zero-order valence-corrected chi connectivity index (χ0v) is 14.4. The number of carboxylic acid groups (broad SMARTS) is 1. The Morgan fingerprint density at radius 1 is 1.00 bits per heavy atom. The van der Waals surface area contributed by atoms with Crippen LogP contribution in [-0.2, 0) is 20.1 Å². The minimum atomic E-state index is -1.62. The molecule has 25 heavy (non-hydrogen) atoms. The number of Topliss-reactive ketones (excluding diaryl/α,β-unsaturated/α-hetero) is 1. The van der Waals surface area contributed by atoms with Crippen LogP contribution < -0.4 is 4.74 Å². The second-order valence-electron chi connectivity index (χ2n) is 5.07. The third-order valence-electron chi connectivity index (χ3n) is 3.58. The molecule has 0 unspecified atom stereocenters. The van der Waals surface area contributed by atoms with Gasteiger partial charge >= 0.3 is 5.97 Å². The number of hydrogen-bond acceptors (Lipinski definition) is 5. The van der Waals surface area contributed by atoms with E-state index in [9.17, 15) is 9.59 Å². The summed E-state index contributed by atoms with van der Waals surface area (Å²) in [4.78, 5) is 23.5. The monoisotopic (exact) mass is 364 g/mol. The molecule has 0 amide bonds. The van der Waals surface area contributed by atoms with Crippen LogP contribution in [0.5, 0.6) is 5.75 Å². The van der Waals surface area contributed by atoms with E-state index in [-0.39, 0.29) is 0 Å². The molecule has 0 aliphatic carbocycles. The van der Waals surface area contributed by atoms with Crippen LogP contribution in [0.25, 0.3) is 0 Å². The van der Waals surface area contributed by atoms with Gasteiger partial charge in [0.05, 0.1) is 0 Å². The predicted molar refractivity (Wildman–Crippen MR) is 91.1 cm³/mol. The molecule has 0 aliphatic heterocycles. The van der Waals surface area contributed by atoms with Gasteiger partial charge in [-0.15, -0.1) is 0 Å². The number of rotatable bonds is 8. The van der Waals surface area contributed by atoms with Gasteiger partial charge < -0.3 is 19.3 Å². The Balaban J connectivity index is 2.31. The maximum Gasteiger partial charge on any atom is 0.341 e. The van der Waals surface area contributed by atoms with Crippen LogP contribution in [0.4, 0.5) is 0 Å². The van der Waals surface area contributed by atoms with Crippen molar-refractivity contribution in [2.45, 2.75) is 5.79 Å². The van der Waals surface area contributed by atoms with Crippen LogP contribution in [0.15, 0.2) is 48.5 Å². The van der Waals surface area contributed by atoms with E-state index in [0.29, 0.717) is 21.9 Å². The average molecular weight is 365 g/mol. The number of carboxylic acids is 1. The molecule has 132 valence electrons. The van der Waals surface area contributed by atoms with E-state index in [1.807, 2.05) is 0 Å². The van der Waals surface area contributed by atoms with Gasteiger partial charge in [-0.25, -0.2) is 4.79 Å². The highest BCUT2D eigenvalue weighted by Crippen LogP contribution is 2.31. The van der Waals surface area contributed by atoms with Gasteiger partial charge in [0.25, 0.3) is 5.79 Å². The van der Waals surface area contributed by atoms with Crippen molar-refractivity contribution in [3.63, 3.8) is 0 Å². The first-order chi connectivity index (χ1) is 11.9. The lowest BCUT2D eigenvalue weighted by Gasteiger charge is -2.29. The minimum absolute atomic E-state index is 0.321. The van der Waals surface area contributed by atoms with Crippen molar-refractivity contribution in [2.75, 3.05) is 20.8 Å². The number of ketones is 1. The van der Waals surface area contributed by atoms with E-state index in [0.717, 1.165) is 0 Å². The van der Waals surface area contributed by atoms with Gasteiger partial charge in [0, 0.05) is 30.4 Å². The number of halogens is 1. The molecule has 2 aromatic rings. The van der Waals surface area contributed by atoms with Gasteiger partial charge in [-0.05, 0) is 36.4 Å². The van der Waals surface area contributed by atoms with Crippen molar-refractivity contribution in [1.29, 1.82) is 0 Å². The van der Waals surface area contributed by atoms with Crippen molar-refractivity contribution in [3.05, 3.63) is 64.7 Å². The molecule has 6 nitrogen and oxygen atoms in total. The largest absolute Gasteiger partial charge is 0.482 e. The summed E-state index contributed by atoms with van der Waals surface area (Å²) >= 11 is 5.89. The summed E-state index contributed by atoms with van der Waals surface area (Å²) in [6.07, 6.45) is 0. The van der Waals surface area contributed by atoms with E-state index >= 15 is 0 Å². The molecular formula is C18H17ClO6. The minimum Gasteiger partial charge on any atom is -0.482 e. The summed E-state index contributed by atoms with van der Waals surface area (Å²) < 4.78 is 15.9. The number of methoxy groups -OCH3 is 2. The Kier molecular flexibility index (Phi) is 6.14. The van der Waals surface area contributed by atoms with Gasteiger partial charge in [0.15, 0.2) is 6.61 Å². The SMILES string of the molecule is COC(OC)(C(=O)c1ccc(OCC(=O)O)cc1)c1ccc(Cl)cc1. The van der Waals surface area contributed by atoms with Crippen LogP contribution >= 0.6 is 11.6 Å². The highest BCUT2D eigenvalue weighted by Gasteiger charge is 2.41. The Morgan fingerprint density at radius 3 is 2.04 bits per heavy atom. The Bertz CT molecular complexity index is 735. The summed E-state index contributed by atoms with van der Waals surface area (Å²) in [7, 11) is 2.75. The third kappa shape index (κ3) is 4.17. The molecule has 7 heteroatoms. The summed E-state index contributed by atoms with van der Waals surface area (Å²) in [5, 5.41) is 9.14. The molecular weight excluding hydrogens is 348 g/mol. The first-order valence-corrected chi connectivity index (χ1v) is 7.66. The fourth-order valence-electron chi connectivity index (χ4n) is 2.34. The van der Waals surface area contributed by atoms with Crippen LogP contribution in [-0.4, -0.2) is 37.7 Å². The standard InChI is InChI=1S/C18H17ClO6/c1-23-18(24-2,13-5-7-14(19)8-6-13)17(22)12-3-9-15(10-4-12)25-11-16(20)21/h3-10H,11H2,1-2H3,(H,20,21). The first kappa shape index (κ1) is 18.9. The van der Waals surface area contributed by atoms with Gasteiger partial charge in [0.2, 0.25) is 5.78 Å². The second-order valence-corrected chi connectivity index (χ2v) is 5.50. The van der Waals surface area contributed by atoms with Gasteiger partial charge in [-0.3, -0.25) is 4.79 Å². The van der Waals surface area contributed by atoms with Gasteiger partial charge in [-0.1, -0.05) is 23.7 Å². The van der Waals surface area contributed by atoms with Gasteiger partial charge in [0.1, 0.15) is 5.75 Å². The average Bonchev–Trinajstić information content (AvgIpc) is 2.63. The van der Waals surface area contributed by atoms with Crippen molar-refractivity contribution in [1.82, 2.24) is 0 Å². The maximum atomic E-state index is 13.0. The lowest BCUT2D eigenvalue weighted by molar-refractivity contribution is -0.176. The summed E-state index contributed by atoms with van der Waals surface area (Å²) in [5.41, 5.74) is 0.819. The summed E-state index contributed by atoms with van der Waals surface area (Å²) in [5.74, 6) is -2.77. The van der Waals surface area contributed by atoms with Crippen LogP contribution in [0.1, 0.15) is 15.9 Å². The van der Waals surface area contributed by atoms with E-state index in [1.165, 1.54) is 38.5 Å². The number of carbonyl (C=O) groups excluding carboxylic acids is 1. The summed E-state index contributed by atoms with van der Waals surface area (Å²) in [6.45, 7) is -0.460. The molecule has 2 rings (SSSR count). The highest BCUT2D eigenvalue weighted by atomic mass is 35.5. The molecule has 0 aromatic heterocycles. The number of hydrogen-bond donors (Lipinski definition) is 1. The Morgan fingerprint density at radius 2 is 1.56 bits per heavy atom. The Labute approximate surface area is 149 Å². The van der Waals surface area contributed by atoms with E-state index in [1.54, 1.807) is 24.3 Å². The molecule has 0 spiro atoms. The number of carbonyl (C=O) groups is 2. The van der Waals surface area contributed by atoms with Crippen LogP contribution in [0, 0.1) is 0 Å². The molecule has 0 radical (unpaired) electrons. The first-order valence-electron chi connectivity index (χ1n) is 7.28. The molecule has 2 aromatic carbocycles. The van der Waals surface area contributed by atoms with Crippen LogP contribution in [0.3, 0.4) is 0 Å². The van der Waals surface area contributed by atoms with E-state index in [2.05, 4.69) is 0 Å². The molecule has 0 saturated heterocycles. The molecule has 0 saturated carbocycles. The van der Waals surface area contributed by atoms with Crippen molar-refractivity contribution >= 4 is 23.4 Å². The lowest BCUT2D eigenvalue weighted by atomic mass is 9.95. The molecule has 0 bridgehead atoms. The fourth-order valence-corrected chi connectivity index (χ4v) is 2.47. The van der Waals surface area contributed by atoms with Crippen molar-refractivity contribution in [3.8, 4) is 5.75 Å². The summed E-state index contributed by atoms with van der Waals surface area (Å²) in [6, 6.07) is 12.6. The van der Waals surface area contributed by atoms with Crippen LogP contribution in [0.2, 0.25) is 5.02 Å². The van der Waals surface area contributed by atoms with Crippen molar-refractivity contribution < 1.29 is 28.9 Å². The topological polar surface area (TPSA) is 82.1 Å². The maximum absolute atomic E-state index is 13.0. The second kappa shape index (κ2) is 8.11.